The van der Waals surface area contributed by atoms with Gasteiger partial charge in [-0.15, -0.1) is 11.3 Å². The minimum atomic E-state index is -4.06. The number of carboxylic acids is 1. The largest absolute Gasteiger partial charge is 0.477 e. The summed E-state index contributed by atoms with van der Waals surface area (Å²) in [6, 6.07) is 4.89. The van der Waals surface area contributed by atoms with Crippen molar-refractivity contribution in [3.05, 3.63) is 44.3 Å². The van der Waals surface area contributed by atoms with Crippen LogP contribution in [0.2, 0.25) is 0 Å². The van der Waals surface area contributed by atoms with Crippen molar-refractivity contribution in [2.24, 2.45) is 0 Å². The van der Waals surface area contributed by atoms with Crippen LogP contribution in [0.15, 0.2) is 33.6 Å². The van der Waals surface area contributed by atoms with E-state index in [4.69, 9.17) is 5.11 Å². The van der Waals surface area contributed by atoms with Crippen molar-refractivity contribution in [3.63, 3.8) is 0 Å². The number of hydrogen-bond donors (Lipinski definition) is 2. The molecule has 0 amide bonds. The van der Waals surface area contributed by atoms with Crippen LogP contribution in [0.5, 0.6) is 0 Å². The Hall–Kier alpha value is -1.45. The molecule has 0 unspecified atom stereocenters. The molecule has 9 heteroatoms. The average Bonchev–Trinajstić information content (AvgIpc) is 2.77. The molecule has 112 valence electrons. The van der Waals surface area contributed by atoms with Crippen LogP contribution in [0.1, 0.15) is 14.5 Å². The molecule has 0 aliphatic rings. The standard InChI is InChI=1S/C12H9BrFNO4S2/c1-6-11(5-10(20-6)12(16)17)21(18,19)15-9-4-7(13)2-3-8(9)14/h2-5,15H,1H3,(H,16,17). The molecule has 0 spiro atoms. The molecular formula is C12H9BrFNO4S2. The Kier molecular flexibility index (Phi) is 4.35. The molecule has 2 rings (SSSR count). The molecular weight excluding hydrogens is 385 g/mol. The quantitative estimate of drug-likeness (QED) is 0.832. The number of anilines is 1. The van der Waals surface area contributed by atoms with Gasteiger partial charge in [-0.2, -0.15) is 0 Å². The van der Waals surface area contributed by atoms with Gasteiger partial charge in [0.15, 0.2) is 0 Å². The number of aryl methyl sites for hydroxylation is 1. The van der Waals surface area contributed by atoms with Crippen molar-refractivity contribution in [1.29, 1.82) is 0 Å². The number of benzene rings is 1. The summed E-state index contributed by atoms with van der Waals surface area (Å²) >= 11 is 3.97. The van der Waals surface area contributed by atoms with Crippen LogP contribution in [0.3, 0.4) is 0 Å². The van der Waals surface area contributed by atoms with Crippen LogP contribution in [0, 0.1) is 12.7 Å². The van der Waals surface area contributed by atoms with E-state index in [1.165, 1.54) is 19.1 Å². The van der Waals surface area contributed by atoms with Gasteiger partial charge in [-0.3, -0.25) is 4.72 Å². The molecule has 0 atom stereocenters. The summed E-state index contributed by atoms with van der Waals surface area (Å²) in [5.74, 6) is -1.94. The fourth-order valence-corrected chi connectivity index (χ4v) is 4.46. The molecule has 0 fully saturated rings. The summed E-state index contributed by atoms with van der Waals surface area (Å²) in [5.41, 5.74) is -0.216. The van der Waals surface area contributed by atoms with Crippen LogP contribution < -0.4 is 4.72 Å². The van der Waals surface area contributed by atoms with Gasteiger partial charge in [0, 0.05) is 9.35 Å². The smallest absolute Gasteiger partial charge is 0.345 e. The Morgan fingerprint density at radius 1 is 1.38 bits per heavy atom. The van der Waals surface area contributed by atoms with Gasteiger partial charge < -0.3 is 5.11 Å². The summed E-state index contributed by atoms with van der Waals surface area (Å²) in [6.07, 6.45) is 0. The molecule has 0 bridgehead atoms. The SMILES string of the molecule is Cc1sc(C(=O)O)cc1S(=O)(=O)Nc1cc(Br)ccc1F. The highest BCUT2D eigenvalue weighted by atomic mass is 79.9. The first-order chi connectivity index (χ1) is 9.70. The van der Waals surface area contributed by atoms with Gasteiger partial charge in [-0.1, -0.05) is 15.9 Å². The van der Waals surface area contributed by atoms with Gasteiger partial charge in [0.2, 0.25) is 0 Å². The predicted molar refractivity (Wildman–Crippen MR) is 80.9 cm³/mol. The second-order valence-electron chi connectivity index (χ2n) is 4.07. The average molecular weight is 394 g/mol. The van der Waals surface area contributed by atoms with E-state index >= 15 is 0 Å². The molecule has 21 heavy (non-hydrogen) atoms. The Morgan fingerprint density at radius 3 is 2.62 bits per heavy atom. The van der Waals surface area contributed by atoms with E-state index in [9.17, 15) is 17.6 Å². The lowest BCUT2D eigenvalue weighted by molar-refractivity contribution is 0.0702. The third-order valence-corrected chi connectivity index (χ3v) is 5.70. The van der Waals surface area contributed by atoms with E-state index in [0.717, 1.165) is 23.5 Å². The molecule has 0 saturated carbocycles. The molecule has 2 N–H and O–H groups in total. The van der Waals surface area contributed by atoms with E-state index in [0.29, 0.717) is 9.35 Å². The molecule has 0 aliphatic heterocycles. The van der Waals surface area contributed by atoms with Gasteiger partial charge >= 0.3 is 5.97 Å². The molecule has 2 aromatic rings. The summed E-state index contributed by atoms with van der Waals surface area (Å²) < 4.78 is 40.7. The van der Waals surface area contributed by atoms with Gasteiger partial charge in [0.05, 0.1) is 5.69 Å². The Bertz CT molecular complexity index is 817. The number of aromatic carboxylic acids is 1. The van der Waals surface area contributed by atoms with Crippen molar-refractivity contribution in [1.82, 2.24) is 0 Å². The molecule has 0 aliphatic carbocycles. The number of sulfonamides is 1. The van der Waals surface area contributed by atoms with E-state index in [2.05, 4.69) is 20.7 Å². The monoisotopic (exact) mass is 393 g/mol. The minimum absolute atomic E-state index is 0.0948. The lowest BCUT2D eigenvalue weighted by Gasteiger charge is -2.08. The van der Waals surface area contributed by atoms with E-state index < -0.39 is 21.8 Å². The Morgan fingerprint density at radius 2 is 2.05 bits per heavy atom. The number of nitrogens with one attached hydrogen (secondary N) is 1. The lowest BCUT2D eigenvalue weighted by Crippen LogP contribution is -2.14. The zero-order chi connectivity index (χ0) is 15.8. The van der Waals surface area contributed by atoms with E-state index in [-0.39, 0.29) is 15.5 Å². The van der Waals surface area contributed by atoms with Gasteiger partial charge in [0.1, 0.15) is 15.6 Å². The topological polar surface area (TPSA) is 83.5 Å². The van der Waals surface area contributed by atoms with Crippen molar-refractivity contribution < 1.29 is 22.7 Å². The summed E-state index contributed by atoms with van der Waals surface area (Å²) in [6.45, 7) is 1.49. The van der Waals surface area contributed by atoms with Crippen LogP contribution in [0.25, 0.3) is 0 Å². The number of rotatable bonds is 4. The number of carbonyl (C=O) groups is 1. The first-order valence-electron chi connectivity index (χ1n) is 5.52. The van der Waals surface area contributed by atoms with Crippen LogP contribution in [0.4, 0.5) is 10.1 Å². The summed E-state index contributed by atoms with van der Waals surface area (Å²) in [4.78, 5) is 10.9. The van der Waals surface area contributed by atoms with Crippen molar-refractivity contribution in [2.45, 2.75) is 11.8 Å². The zero-order valence-corrected chi connectivity index (χ0v) is 13.8. The highest BCUT2D eigenvalue weighted by Gasteiger charge is 2.23. The second kappa shape index (κ2) is 5.74. The maximum absolute atomic E-state index is 13.6. The minimum Gasteiger partial charge on any atom is -0.477 e. The molecule has 0 saturated heterocycles. The maximum atomic E-state index is 13.6. The van der Waals surface area contributed by atoms with Gasteiger partial charge in [-0.25, -0.2) is 17.6 Å². The third kappa shape index (κ3) is 3.42. The molecule has 1 aromatic heterocycles. The first-order valence-corrected chi connectivity index (χ1v) is 8.61. The molecule has 0 radical (unpaired) electrons. The Labute approximate surface area is 132 Å². The van der Waals surface area contributed by atoms with Crippen LogP contribution in [-0.4, -0.2) is 19.5 Å². The number of carboxylic acid groups (broad SMARTS) is 1. The number of halogens is 2. The first kappa shape index (κ1) is 15.9. The van der Waals surface area contributed by atoms with Crippen molar-refractivity contribution >= 4 is 48.9 Å². The second-order valence-corrected chi connectivity index (χ2v) is 7.89. The molecule has 1 aromatic carbocycles. The molecule has 5 nitrogen and oxygen atoms in total. The van der Waals surface area contributed by atoms with Crippen molar-refractivity contribution in [2.75, 3.05) is 4.72 Å². The third-order valence-electron chi connectivity index (χ3n) is 2.55. The number of hydrogen-bond acceptors (Lipinski definition) is 4. The summed E-state index contributed by atoms with van der Waals surface area (Å²) in [7, 11) is -4.06. The normalized spacial score (nSPS) is 11.4. The maximum Gasteiger partial charge on any atom is 0.345 e. The predicted octanol–water partition coefficient (Wildman–Crippen LogP) is 3.46. The fraction of sp³-hybridized carbons (Fsp3) is 0.0833. The van der Waals surface area contributed by atoms with Gasteiger partial charge in [0.25, 0.3) is 10.0 Å². The lowest BCUT2D eigenvalue weighted by atomic mass is 10.3. The highest BCUT2D eigenvalue weighted by Crippen LogP contribution is 2.29. The fourth-order valence-electron chi connectivity index (χ4n) is 1.61. The highest BCUT2D eigenvalue weighted by molar-refractivity contribution is 9.10. The van der Waals surface area contributed by atoms with Crippen LogP contribution in [-0.2, 0) is 10.0 Å². The summed E-state index contributed by atoms with van der Waals surface area (Å²) in [5, 5.41) is 8.89. The van der Waals surface area contributed by atoms with Crippen LogP contribution >= 0.6 is 27.3 Å². The van der Waals surface area contributed by atoms with Gasteiger partial charge in [-0.05, 0) is 31.2 Å². The zero-order valence-electron chi connectivity index (χ0n) is 10.6. The number of thiophene rings is 1. The van der Waals surface area contributed by atoms with E-state index in [1.54, 1.807) is 0 Å². The molecule has 1 heterocycles. The van der Waals surface area contributed by atoms with Crippen molar-refractivity contribution in [3.8, 4) is 0 Å². The van der Waals surface area contributed by atoms with E-state index in [1.807, 2.05) is 0 Å². The Balaban J connectivity index is 2.43.